The number of hydrogen-bond acceptors (Lipinski definition) is 11. The van der Waals surface area contributed by atoms with Gasteiger partial charge in [-0.15, -0.1) is 0 Å². The van der Waals surface area contributed by atoms with E-state index in [9.17, 15) is 0 Å². The van der Waals surface area contributed by atoms with Crippen LogP contribution in [0.4, 0.5) is 22.7 Å². The van der Waals surface area contributed by atoms with E-state index in [0.717, 1.165) is 32.0 Å². The van der Waals surface area contributed by atoms with Gasteiger partial charge in [0.1, 0.15) is 57.5 Å². The van der Waals surface area contributed by atoms with Crippen molar-refractivity contribution in [2.24, 2.45) is 0 Å². The smallest absolute Gasteiger partial charge is 0.145 e. The fourth-order valence-corrected chi connectivity index (χ4v) is 7.71. The molecular formula is C52H46N4O6S. The second-order valence-electron chi connectivity index (χ2n) is 14.3. The van der Waals surface area contributed by atoms with Crippen molar-refractivity contribution in [3.8, 4) is 79.7 Å². The van der Waals surface area contributed by atoms with Crippen LogP contribution in [-0.4, -0.2) is 13.2 Å². The number of anilines is 4. The molecule has 0 heterocycles. The summed E-state index contributed by atoms with van der Waals surface area (Å²) < 4.78 is 36.6. The van der Waals surface area contributed by atoms with Gasteiger partial charge in [-0.05, 0) is 170 Å². The molecule has 8 N–H and O–H groups in total. The summed E-state index contributed by atoms with van der Waals surface area (Å²) in [7, 11) is 0. The molecule has 0 unspecified atom stereocenters. The lowest BCUT2D eigenvalue weighted by Gasteiger charge is -2.17. The molecule has 0 fully saturated rings. The van der Waals surface area contributed by atoms with Gasteiger partial charge in [0.2, 0.25) is 0 Å². The minimum absolute atomic E-state index is 0.481. The van der Waals surface area contributed by atoms with Crippen molar-refractivity contribution < 1.29 is 28.4 Å². The van der Waals surface area contributed by atoms with E-state index in [2.05, 4.69) is 12.1 Å². The third-order valence-corrected chi connectivity index (χ3v) is 10.9. The first-order chi connectivity index (χ1) is 30.7. The van der Waals surface area contributed by atoms with Gasteiger partial charge in [-0.1, -0.05) is 36.0 Å². The Morgan fingerprint density at radius 3 is 1.02 bits per heavy atom. The van der Waals surface area contributed by atoms with Gasteiger partial charge < -0.3 is 51.4 Å². The van der Waals surface area contributed by atoms with Crippen LogP contribution in [0.5, 0.6) is 57.5 Å². The van der Waals surface area contributed by atoms with Crippen LogP contribution >= 0.6 is 11.8 Å². The SMILES string of the molecule is CCOc1cc(Oc2ccc(Sc3ccc(Oc4ccc(N)c(OCC)c4)cc3-c3ccc(Oc4ccc(N)cc4)cc3)c(-c3ccc(Oc4ccc(N)cc4)cc3)c2)ccc1N. The summed E-state index contributed by atoms with van der Waals surface area (Å²) in [6.07, 6.45) is 0. The normalized spacial score (nSPS) is 10.8. The zero-order valence-electron chi connectivity index (χ0n) is 34.7. The van der Waals surface area contributed by atoms with Crippen LogP contribution in [0.25, 0.3) is 22.3 Å². The molecule has 8 aromatic carbocycles. The van der Waals surface area contributed by atoms with Gasteiger partial charge in [0.25, 0.3) is 0 Å². The summed E-state index contributed by atoms with van der Waals surface area (Å²) in [5, 5.41) is 0. The van der Waals surface area contributed by atoms with Crippen molar-refractivity contribution in [1.29, 1.82) is 0 Å². The average molecular weight is 855 g/mol. The largest absolute Gasteiger partial charge is 0.492 e. The molecular weight excluding hydrogens is 809 g/mol. The second kappa shape index (κ2) is 19.2. The molecule has 0 saturated heterocycles. The predicted octanol–water partition coefficient (Wildman–Crippen LogP) is 13.5. The van der Waals surface area contributed by atoms with E-state index >= 15 is 0 Å². The Kier molecular flexibility index (Phi) is 12.8. The monoisotopic (exact) mass is 854 g/mol. The zero-order chi connectivity index (χ0) is 43.7. The second-order valence-corrected chi connectivity index (χ2v) is 15.4. The molecule has 0 radical (unpaired) electrons. The number of nitrogens with two attached hydrogens (primary N) is 4. The molecule has 8 rings (SSSR count). The Hall–Kier alpha value is -7.89. The Balaban J connectivity index is 1.16. The van der Waals surface area contributed by atoms with Crippen LogP contribution < -0.4 is 51.4 Å². The minimum Gasteiger partial charge on any atom is -0.492 e. The highest BCUT2D eigenvalue weighted by Gasteiger charge is 2.16. The van der Waals surface area contributed by atoms with Crippen LogP contribution in [-0.2, 0) is 0 Å². The van der Waals surface area contributed by atoms with Crippen molar-refractivity contribution in [3.05, 3.63) is 170 Å². The maximum Gasteiger partial charge on any atom is 0.145 e. The molecule has 63 heavy (non-hydrogen) atoms. The van der Waals surface area contributed by atoms with E-state index in [1.807, 2.05) is 147 Å². The molecule has 10 nitrogen and oxygen atoms in total. The van der Waals surface area contributed by atoms with Gasteiger partial charge >= 0.3 is 0 Å². The zero-order valence-corrected chi connectivity index (χ0v) is 35.6. The van der Waals surface area contributed by atoms with Crippen LogP contribution in [0.3, 0.4) is 0 Å². The van der Waals surface area contributed by atoms with E-state index in [0.29, 0.717) is 93.5 Å². The summed E-state index contributed by atoms with van der Waals surface area (Å²) in [5.74, 6) is 6.36. The lowest BCUT2D eigenvalue weighted by Crippen LogP contribution is -1.97. The first-order valence-corrected chi connectivity index (χ1v) is 21.1. The molecule has 0 aromatic heterocycles. The molecule has 0 aliphatic heterocycles. The van der Waals surface area contributed by atoms with E-state index in [4.69, 9.17) is 51.4 Å². The number of hydrogen-bond donors (Lipinski definition) is 4. The minimum atomic E-state index is 0.481. The van der Waals surface area contributed by atoms with Crippen LogP contribution in [0.2, 0.25) is 0 Å². The van der Waals surface area contributed by atoms with E-state index in [1.165, 1.54) is 0 Å². The molecule has 0 aliphatic carbocycles. The number of nitrogen functional groups attached to an aromatic ring is 4. The molecule has 316 valence electrons. The summed E-state index contributed by atoms with van der Waals surface area (Å²) >= 11 is 1.63. The molecule has 0 atom stereocenters. The Bertz CT molecular complexity index is 2620. The average Bonchev–Trinajstić information content (AvgIpc) is 3.29. The topological polar surface area (TPSA) is 159 Å². The Morgan fingerprint density at radius 2 is 0.651 bits per heavy atom. The third kappa shape index (κ3) is 10.5. The Labute approximate surface area is 370 Å². The van der Waals surface area contributed by atoms with Gasteiger partial charge in [0, 0.05) is 33.3 Å². The third-order valence-electron chi connectivity index (χ3n) is 9.73. The molecule has 8 aromatic rings. The van der Waals surface area contributed by atoms with Crippen molar-refractivity contribution in [1.82, 2.24) is 0 Å². The number of ether oxygens (including phenoxy) is 6. The number of benzene rings is 8. The highest BCUT2D eigenvalue weighted by Crippen LogP contribution is 2.45. The quantitative estimate of drug-likeness (QED) is 0.0685. The number of rotatable bonds is 16. The van der Waals surface area contributed by atoms with E-state index in [-0.39, 0.29) is 0 Å². The molecule has 11 heteroatoms. The van der Waals surface area contributed by atoms with Crippen molar-refractivity contribution in [2.45, 2.75) is 23.6 Å². The maximum atomic E-state index is 6.42. The fraction of sp³-hybridized carbons (Fsp3) is 0.0769. The standard InChI is InChI=1S/C52H46N4O6S/c1-3-57-49-31-43(21-25-47(49)55)61-41-23-27-51(45(29-41)33-5-13-37(14-6-33)59-39-17-9-35(53)10-18-39)63-52-28-24-42(62-44-22-26-48(56)50(32-44)58-4-2)30-46(52)34-7-15-38(16-8-34)60-40-19-11-36(54)12-20-40/h5-32H,3-4,53-56H2,1-2H3. The fourth-order valence-electron chi connectivity index (χ4n) is 6.63. The lowest BCUT2D eigenvalue weighted by atomic mass is 10.0. The molecule has 0 bridgehead atoms. The summed E-state index contributed by atoms with van der Waals surface area (Å²) in [6, 6.07) is 53.5. The van der Waals surface area contributed by atoms with Gasteiger partial charge in [-0.25, -0.2) is 0 Å². The Morgan fingerprint density at radius 1 is 0.349 bits per heavy atom. The maximum absolute atomic E-state index is 6.42. The molecule has 0 amide bonds. The van der Waals surface area contributed by atoms with Gasteiger partial charge in [0.15, 0.2) is 0 Å². The molecule has 0 aliphatic rings. The van der Waals surface area contributed by atoms with Crippen molar-refractivity contribution in [2.75, 3.05) is 36.1 Å². The van der Waals surface area contributed by atoms with E-state index < -0.39 is 0 Å². The van der Waals surface area contributed by atoms with Gasteiger partial charge in [-0.2, -0.15) is 0 Å². The highest BCUT2D eigenvalue weighted by molar-refractivity contribution is 7.99. The predicted molar refractivity (Wildman–Crippen MR) is 254 cm³/mol. The first kappa shape index (κ1) is 41.8. The summed E-state index contributed by atoms with van der Waals surface area (Å²) in [5.41, 5.74) is 30.4. The van der Waals surface area contributed by atoms with Gasteiger partial charge in [-0.3, -0.25) is 0 Å². The van der Waals surface area contributed by atoms with Gasteiger partial charge in [0.05, 0.1) is 24.6 Å². The molecule has 0 saturated carbocycles. The first-order valence-electron chi connectivity index (χ1n) is 20.3. The highest BCUT2D eigenvalue weighted by atomic mass is 32.2. The summed E-state index contributed by atoms with van der Waals surface area (Å²) in [4.78, 5) is 1.97. The van der Waals surface area contributed by atoms with E-state index in [1.54, 1.807) is 36.0 Å². The summed E-state index contributed by atoms with van der Waals surface area (Å²) in [6.45, 7) is 4.79. The molecule has 0 spiro atoms. The van der Waals surface area contributed by atoms with Crippen molar-refractivity contribution >= 4 is 34.5 Å². The van der Waals surface area contributed by atoms with Crippen molar-refractivity contribution in [3.63, 3.8) is 0 Å². The van der Waals surface area contributed by atoms with Crippen LogP contribution in [0.15, 0.2) is 180 Å². The van der Waals surface area contributed by atoms with Crippen LogP contribution in [0.1, 0.15) is 13.8 Å². The van der Waals surface area contributed by atoms with Crippen LogP contribution in [0, 0.1) is 0 Å². The lowest BCUT2D eigenvalue weighted by molar-refractivity contribution is 0.340.